The van der Waals surface area contributed by atoms with E-state index >= 15 is 0 Å². The standard InChI is InChI=1S/C14H32P.BrH/c1-5-9-10-11-12-13-14-15(6-2,7-3)8-4;/h5-14H2,1-4H3;1H/q+1;. The van der Waals surface area contributed by atoms with E-state index in [4.69, 9.17) is 0 Å². The molecule has 0 rings (SSSR count). The second-order valence-electron chi connectivity index (χ2n) is 4.78. The number of hydrogen-bond donors (Lipinski definition) is 0. The van der Waals surface area contributed by atoms with Crippen molar-refractivity contribution in [3.63, 3.8) is 0 Å². The Morgan fingerprint density at radius 2 is 1.06 bits per heavy atom. The van der Waals surface area contributed by atoms with Gasteiger partial charge in [-0.3, -0.25) is 0 Å². The Morgan fingerprint density at radius 1 is 0.625 bits per heavy atom. The minimum Gasteiger partial charge on any atom is -0.114 e. The summed E-state index contributed by atoms with van der Waals surface area (Å²) in [6.07, 6.45) is 14.8. The fourth-order valence-corrected chi connectivity index (χ4v) is 5.56. The van der Waals surface area contributed by atoms with E-state index in [0.29, 0.717) is 0 Å². The lowest BCUT2D eigenvalue weighted by Crippen LogP contribution is -2.07. The first-order chi connectivity index (χ1) is 7.24. The predicted octanol–water partition coefficient (Wildman–Crippen LogP) is 6.00. The van der Waals surface area contributed by atoms with Crippen LogP contribution in [0.25, 0.3) is 0 Å². The highest BCUT2D eigenvalue weighted by molar-refractivity contribution is 8.93. The minimum atomic E-state index is -0.494. The van der Waals surface area contributed by atoms with E-state index in [1.54, 1.807) is 6.16 Å². The van der Waals surface area contributed by atoms with Crippen molar-refractivity contribution in [1.82, 2.24) is 0 Å². The molecule has 0 aliphatic carbocycles. The lowest BCUT2D eigenvalue weighted by molar-refractivity contribution is 0.625. The molecule has 0 aliphatic heterocycles. The predicted molar refractivity (Wildman–Crippen MR) is 87.1 cm³/mol. The summed E-state index contributed by atoms with van der Waals surface area (Å²) in [4.78, 5) is 0. The van der Waals surface area contributed by atoms with Gasteiger partial charge in [0.15, 0.2) is 0 Å². The molecule has 0 bridgehead atoms. The van der Waals surface area contributed by atoms with Crippen molar-refractivity contribution in [2.45, 2.75) is 66.2 Å². The van der Waals surface area contributed by atoms with Crippen LogP contribution in [-0.2, 0) is 0 Å². The van der Waals surface area contributed by atoms with Crippen molar-refractivity contribution in [1.29, 1.82) is 0 Å². The van der Waals surface area contributed by atoms with Crippen molar-refractivity contribution < 1.29 is 0 Å². The van der Waals surface area contributed by atoms with Crippen LogP contribution in [0.3, 0.4) is 0 Å². The zero-order valence-corrected chi connectivity index (χ0v) is 14.5. The number of rotatable bonds is 10. The Labute approximate surface area is 115 Å². The van der Waals surface area contributed by atoms with Crippen molar-refractivity contribution in [3.05, 3.63) is 0 Å². The summed E-state index contributed by atoms with van der Waals surface area (Å²) in [6, 6.07) is 0. The van der Waals surface area contributed by atoms with E-state index in [9.17, 15) is 0 Å². The van der Waals surface area contributed by atoms with Gasteiger partial charge >= 0.3 is 0 Å². The Morgan fingerprint density at radius 3 is 1.50 bits per heavy atom. The average molecular weight is 312 g/mol. The van der Waals surface area contributed by atoms with Crippen LogP contribution in [0.4, 0.5) is 0 Å². The number of unbranched alkanes of at least 4 members (excludes halogenated alkanes) is 5. The number of hydrogen-bond acceptors (Lipinski definition) is 0. The number of halogens is 1. The van der Waals surface area contributed by atoms with Crippen molar-refractivity contribution >= 4 is 24.2 Å². The summed E-state index contributed by atoms with van der Waals surface area (Å²) in [6.45, 7) is 9.54. The summed E-state index contributed by atoms with van der Waals surface area (Å²) >= 11 is 0. The maximum absolute atomic E-state index is 2.41. The Bertz CT molecular complexity index is 124. The summed E-state index contributed by atoms with van der Waals surface area (Å²) in [5.41, 5.74) is 0. The molecular formula is C14H33BrP+. The molecule has 0 saturated carbocycles. The van der Waals surface area contributed by atoms with Gasteiger partial charge < -0.3 is 0 Å². The molecule has 0 atom stereocenters. The molecule has 0 saturated heterocycles. The second kappa shape index (κ2) is 12.4. The van der Waals surface area contributed by atoms with Gasteiger partial charge in [-0.25, -0.2) is 0 Å². The van der Waals surface area contributed by atoms with Crippen LogP contribution >= 0.6 is 24.2 Å². The Balaban J connectivity index is 0. The van der Waals surface area contributed by atoms with Gasteiger partial charge in [-0.05, 0) is 33.6 Å². The lowest BCUT2D eigenvalue weighted by atomic mass is 10.1. The van der Waals surface area contributed by atoms with Gasteiger partial charge in [0, 0.05) is 7.26 Å². The van der Waals surface area contributed by atoms with Crippen LogP contribution in [0.15, 0.2) is 0 Å². The molecule has 0 aliphatic rings. The lowest BCUT2D eigenvalue weighted by Gasteiger charge is -2.23. The highest BCUT2D eigenvalue weighted by atomic mass is 79.9. The first kappa shape index (κ1) is 19.3. The molecule has 0 N–H and O–H groups in total. The van der Waals surface area contributed by atoms with E-state index in [1.165, 1.54) is 57.0 Å². The van der Waals surface area contributed by atoms with E-state index < -0.39 is 7.26 Å². The van der Waals surface area contributed by atoms with E-state index in [-0.39, 0.29) is 17.0 Å². The summed E-state index contributed by atoms with van der Waals surface area (Å²) in [7, 11) is -0.494. The monoisotopic (exact) mass is 311 g/mol. The summed E-state index contributed by atoms with van der Waals surface area (Å²) in [5, 5.41) is 0. The quantitative estimate of drug-likeness (QED) is 0.343. The minimum absolute atomic E-state index is 0. The van der Waals surface area contributed by atoms with Gasteiger partial charge in [-0.2, -0.15) is 0 Å². The molecule has 0 aromatic carbocycles. The average Bonchev–Trinajstić information content (AvgIpc) is 2.29. The summed E-state index contributed by atoms with van der Waals surface area (Å²) < 4.78 is 0. The van der Waals surface area contributed by atoms with Crippen LogP contribution in [0.5, 0.6) is 0 Å². The third kappa shape index (κ3) is 8.07. The molecule has 0 aromatic heterocycles. The maximum atomic E-state index is 2.41. The molecule has 0 heterocycles. The molecule has 100 valence electrons. The van der Waals surface area contributed by atoms with Gasteiger partial charge in [-0.1, -0.05) is 32.6 Å². The SMILES string of the molecule is Br.CCCCCCCC[P+](CC)(CC)CC. The molecule has 0 nitrogen and oxygen atoms in total. The topological polar surface area (TPSA) is 0 Å². The Hall–Kier alpha value is 0.910. The third-order valence-electron chi connectivity index (χ3n) is 4.00. The van der Waals surface area contributed by atoms with E-state index in [0.717, 1.165) is 0 Å². The first-order valence-corrected chi connectivity index (χ1v) is 9.62. The largest absolute Gasteiger partial charge is 0.114 e. The molecule has 0 aromatic rings. The molecule has 0 fully saturated rings. The summed E-state index contributed by atoms with van der Waals surface area (Å²) in [5.74, 6) is 0. The van der Waals surface area contributed by atoms with Crippen molar-refractivity contribution in [2.75, 3.05) is 24.6 Å². The van der Waals surface area contributed by atoms with Crippen LogP contribution in [0, 0.1) is 0 Å². The van der Waals surface area contributed by atoms with E-state index in [1.807, 2.05) is 0 Å². The second-order valence-corrected chi connectivity index (χ2v) is 9.81. The van der Waals surface area contributed by atoms with Crippen LogP contribution < -0.4 is 0 Å². The highest BCUT2D eigenvalue weighted by Gasteiger charge is 2.29. The van der Waals surface area contributed by atoms with Crippen LogP contribution in [0.1, 0.15) is 66.2 Å². The molecule has 16 heavy (non-hydrogen) atoms. The first-order valence-electron chi connectivity index (χ1n) is 7.09. The van der Waals surface area contributed by atoms with E-state index in [2.05, 4.69) is 27.7 Å². The molecular weight excluding hydrogens is 279 g/mol. The fraction of sp³-hybridized carbons (Fsp3) is 1.00. The third-order valence-corrected chi connectivity index (χ3v) is 9.29. The van der Waals surface area contributed by atoms with Crippen molar-refractivity contribution in [2.24, 2.45) is 0 Å². The fourth-order valence-electron chi connectivity index (χ4n) is 2.37. The van der Waals surface area contributed by atoms with Gasteiger partial charge in [0.05, 0.1) is 24.6 Å². The van der Waals surface area contributed by atoms with Gasteiger partial charge in [-0.15, -0.1) is 17.0 Å². The van der Waals surface area contributed by atoms with Crippen LogP contribution in [0.2, 0.25) is 0 Å². The Kier molecular flexibility index (Phi) is 14.9. The molecule has 0 radical (unpaired) electrons. The normalized spacial score (nSPS) is 11.2. The van der Waals surface area contributed by atoms with Gasteiger partial charge in [0.1, 0.15) is 0 Å². The molecule has 2 heteroatoms. The smallest absolute Gasteiger partial charge is 0.0594 e. The zero-order chi connectivity index (χ0) is 11.6. The van der Waals surface area contributed by atoms with Crippen LogP contribution in [-0.4, -0.2) is 24.6 Å². The molecule has 0 unspecified atom stereocenters. The molecule has 0 amide bonds. The van der Waals surface area contributed by atoms with Gasteiger partial charge in [0.2, 0.25) is 0 Å². The van der Waals surface area contributed by atoms with Gasteiger partial charge in [0.25, 0.3) is 0 Å². The maximum Gasteiger partial charge on any atom is 0.0594 e. The zero-order valence-electron chi connectivity index (χ0n) is 11.9. The van der Waals surface area contributed by atoms with Crippen molar-refractivity contribution in [3.8, 4) is 0 Å². The molecule has 0 spiro atoms. The highest BCUT2D eigenvalue weighted by Crippen LogP contribution is 2.58.